The smallest absolute Gasteiger partial charge is 0.383 e. The summed E-state index contributed by atoms with van der Waals surface area (Å²) in [6, 6.07) is -0.507. The summed E-state index contributed by atoms with van der Waals surface area (Å²) >= 11 is 0. The molecule has 0 aromatic carbocycles. The van der Waals surface area contributed by atoms with E-state index in [-0.39, 0.29) is 13.1 Å². The lowest BCUT2D eigenvalue weighted by Crippen LogP contribution is -2.39. The van der Waals surface area contributed by atoms with Crippen LogP contribution in [0.25, 0.3) is 0 Å². The van der Waals surface area contributed by atoms with Crippen LogP contribution in [0.15, 0.2) is 4.79 Å². The summed E-state index contributed by atoms with van der Waals surface area (Å²) in [6.45, 7) is 0.430. The van der Waals surface area contributed by atoms with Crippen LogP contribution in [-0.4, -0.2) is 47.2 Å². The number of carbonyl (C=O) groups is 1. The number of nitrogens with one attached hydrogen (secondary N) is 2. The minimum absolute atomic E-state index is 0.0347. The van der Waals surface area contributed by atoms with Crippen molar-refractivity contribution < 1.29 is 22.7 Å². The molecule has 0 aliphatic heterocycles. The van der Waals surface area contributed by atoms with E-state index in [1.165, 1.54) is 7.11 Å². The third kappa shape index (κ3) is 4.77. The second kappa shape index (κ2) is 7.11. The molecule has 1 aromatic rings. The molecule has 1 heterocycles. The van der Waals surface area contributed by atoms with Crippen LogP contribution in [0.3, 0.4) is 0 Å². The Bertz CT molecular complexity index is 537. The molecule has 21 heavy (non-hydrogen) atoms. The van der Waals surface area contributed by atoms with E-state index < -0.39 is 23.7 Å². The van der Waals surface area contributed by atoms with Gasteiger partial charge in [0.05, 0.1) is 13.2 Å². The maximum atomic E-state index is 12.5. The van der Waals surface area contributed by atoms with Crippen molar-refractivity contribution in [3.63, 3.8) is 0 Å². The summed E-state index contributed by atoms with van der Waals surface area (Å²) in [5, 5.41) is 8.05. The topological polar surface area (TPSA) is 90.2 Å². The minimum Gasteiger partial charge on any atom is -0.383 e. The number of amides is 2. The van der Waals surface area contributed by atoms with Crippen LogP contribution in [0.5, 0.6) is 0 Å². The molecule has 0 spiro atoms. The first kappa shape index (κ1) is 17.0. The number of urea groups is 1. The lowest BCUT2D eigenvalue weighted by molar-refractivity contribution is -0.147. The van der Waals surface area contributed by atoms with E-state index in [1.807, 2.05) is 0 Å². The summed E-state index contributed by atoms with van der Waals surface area (Å²) in [7, 11) is 2.46. The fourth-order valence-corrected chi connectivity index (χ4v) is 1.48. The van der Waals surface area contributed by atoms with Gasteiger partial charge in [-0.2, -0.15) is 13.2 Å². The van der Waals surface area contributed by atoms with Crippen molar-refractivity contribution >= 4 is 6.03 Å². The first-order valence-corrected chi connectivity index (χ1v) is 5.99. The maximum Gasteiger partial charge on any atom is 0.451 e. The average molecular weight is 311 g/mol. The number of carbonyl (C=O) groups excluding carboxylic acids is 1. The number of hydrogen-bond donors (Lipinski definition) is 2. The number of hydrogen-bond acceptors (Lipinski definition) is 4. The van der Waals surface area contributed by atoms with E-state index in [9.17, 15) is 22.8 Å². The Morgan fingerprint density at radius 3 is 2.48 bits per heavy atom. The molecule has 0 aliphatic rings. The molecule has 0 saturated heterocycles. The van der Waals surface area contributed by atoms with Gasteiger partial charge in [0.2, 0.25) is 5.82 Å². The molecule has 0 fully saturated rings. The standard InChI is InChI=1S/C10H16F3N5O3/c1-17-7(10(11,12)13)16-18(9(17)20)5-3-14-8(19)15-4-6-21-2/h3-6H2,1-2H3,(H2,14,15,19). The highest BCUT2D eigenvalue weighted by Crippen LogP contribution is 2.25. The molecule has 0 atom stereocenters. The molecule has 2 N–H and O–H groups in total. The van der Waals surface area contributed by atoms with Crippen LogP contribution >= 0.6 is 0 Å². The fraction of sp³-hybridized carbons (Fsp3) is 0.700. The van der Waals surface area contributed by atoms with Gasteiger partial charge in [-0.25, -0.2) is 14.3 Å². The Labute approximate surface area is 117 Å². The van der Waals surface area contributed by atoms with Crippen LogP contribution in [-0.2, 0) is 24.5 Å². The Balaban J connectivity index is 2.54. The largest absolute Gasteiger partial charge is 0.451 e. The van der Waals surface area contributed by atoms with Crippen molar-refractivity contribution in [3.8, 4) is 0 Å². The number of rotatable bonds is 6. The van der Waals surface area contributed by atoms with Crippen molar-refractivity contribution in [1.29, 1.82) is 0 Å². The third-order valence-corrected chi connectivity index (χ3v) is 2.50. The fourth-order valence-electron chi connectivity index (χ4n) is 1.48. The predicted octanol–water partition coefficient (Wildman–Crippen LogP) is -0.454. The minimum atomic E-state index is -4.70. The molecule has 11 heteroatoms. The monoisotopic (exact) mass is 311 g/mol. The molecule has 120 valence electrons. The number of alkyl halides is 3. The molecule has 8 nitrogen and oxygen atoms in total. The quantitative estimate of drug-likeness (QED) is 0.696. The summed E-state index contributed by atoms with van der Waals surface area (Å²) in [6.07, 6.45) is -4.70. The van der Waals surface area contributed by atoms with Crippen molar-refractivity contribution in [2.75, 3.05) is 26.8 Å². The van der Waals surface area contributed by atoms with E-state index in [0.717, 1.165) is 7.05 Å². The summed E-state index contributed by atoms with van der Waals surface area (Å²) in [5.41, 5.74) is -0.899. The van der Waals surface area contributed by atoms with Gasteiger partial charge in [-0.05, 0) is 0 Å². The molecule has 0 saturated carbocycles. The number of methoxy groups -OCH3 is 1. The Hall–Kier alpha value is -2.04. The van der Waals surface area contributed by atoms with Crippen LogP contribution in [0, 0.1) is 0 Å². The molecule has 0 aliphatic carbocycles. The maximum absolute atomic E-state index is 12.5. The highest BCUT2D eigenvalue weighted by molar-refractivity contribution is 5.73. The number of ether oxygens (including phenoxy) is 1. The molecular weight excluding hydrogens is 295 g/mol. The molecule has 0 unspecified atom stereocenters. The van der Waals surface area contributed by atoms with Gasteiger partial charge in [-0.3, -0.25) is 4.57 Å². The van der Waals surface area contributed by atoms with Crippen LogP contribution < -0.4 is 16.3 Å². The second-order valence-electron chi connectivity index (χ2n) is 4.06. The van der Waals surface area contributed by atoms with E-state index >= 15 is 0 Å². The van der Waals surface area contributed by atoms with Crippen molar-refractivity contribution in [2.45, 2.75) is 12.7 Å². The van der Waals surface area contributed by atoms with Crippen LogP contribution in [0.2, 0.25) is 0 Å². The number of aromatic nitrogens is 3. The van der Waals surface area contributed by atoms with E-state index in [1.54, 1.807) is 0 Å². The zero-order valence-corrected chi connectivity index (χ0v) is 11.5. The average Bonchev–Trinajstić information content (AvgIpc) is 2.67. The Morgan fingerprint density at radius 2 is 1.95 bits per heavy atom. The van der Waals surface area contributed by atoms with Gasteiger partial charge in [0.25, 0.3) is 0 Å². The SMILES string of the molecule is COCCNC(=O)NCCn1nc(C(F)(F)F)n(C)c1=O. The van der Waals surface area contributed by atoms with Gasteiger partial charge in [0.1, 0.15) is 0 Å². The molecule has 2 amide bonds. The molecule has 0 bridgehead atoms. The van der Waals surface area contributed by atoms with Gasteiger partial charge in [0, 0.05) is 27.2 Å². The van der Waals surface area contributed by atoms with Gasteiger partial charge < -0.3 is 15.4 Å². The molecular formula is C10H16F3N5O3. The van der Waals surface area contributed by atoms with Crippen molar-refractivity contribution in [2.24, 2.45) is 7.05 Å². The normalized spacial score (nSPS) is 11.5. The van der Waals surface area contributed by atoms with Gasteiger partial charge in [-0.1, -0.05) is 0 Å². The molecule has 1 rings (SSSR count). The van der Waals surface area contributed by atoms with Crippen molar-refractivity contribution in [1.82, 2.24) is 25.0 Å². The molecule has 1 aromatic heterocycles. The lowest BCUT2D eigenvalue weighted by atomic mass is 10.6. The summed E-state index contributed by atoms with van der Waals surface area (Å²) < 4.78 is 43.4. The predicted molar refractivity (Wildman–Crippen MR) is 65.7 cm³/mol. The van der Waals surface area contributed by atoms with Gasteiger partial charge >= 0.3 is 17.9 Å². The van der Waals surface area contributed by atoms with Gasteiger partial charge in [-0.15, -0.1) is 5.10 Å². The van der Waals surface area contributed by atoms with E-state index in [2.05, 4.69) is 15.7 Å². The number of halogens is 3. The summed E-state index contributed by atoms with van der Waals surface area (Å²) in [5.74, 6) is -1.28. The first-order chi connectivity index (χ1) is 9.77. The lowest BCUT2D eigenvalue weighted by Gasteiger charge is -2.06. The second-order valence-corrected chi connectivity index (χ2v) is 4.06. The first-order valence-electron chi connectivity index (χ1n) is 5.99. The van der Waals surface area contributed by atoms with Gasteiger partial charge in [0.15, 0.2) is 0 Å². The molecule has 0 radical (unpaired) electrons. The van der Waals surface area contributed by atoms with E-state index in [4.69, 9.17) is 4.74 Å². The Morgan fingerprint density at radius 1 is 1.33 bits per heavy atom. The van der Waals surface area contributed by atoms with Crippen LogP contribution in [0.4, 0.5) is 18.0 Å². The van der Waals surface area contributed by atoms with E-state index in [0.29, 0.717) is 22.4 Å². The number of nitrogens with zero attached hydrogens (tertiary/aromatic N) is 3. The summed E-state index contributed by atoms with van der Waals surface area (Å²) in [4.78, 5) is 22.8. The Kier molecular flexibility index (Phi) is 5.76. The highest BCUT2D eigenvalue weighted by Gasteiger charge is 2.37. The highest BCUT2D eigenvalue weighted by atomic mass is 19.4. The third-order valence-electron chi connectivity index (χ3n) is 2.50. The van der Waals surface area contributed by atoms with Crippen LogP contribution in [0.1, 0.15) is 5.82 Å². The zero-order chi connectivity index (χ0) is 16.0. The van der Waals surface area contributed by atoms with Crippen molar-refractivity contribution in [3.05, 3.63) is 16.3 Å². The zero-order valence-electron chi connectivity index (χ0n) is 11.5.